The second-order valence-corrected chi connectivity index (χ2v) is 8.26. The number of methoxy groups -OCH3 is 1. The molecule has 0 unspecified atom stereocenters. The first-order valence-corrected chi connectivity index (χ1v) is 11.4. The summed E-state index contributed by atoms with van der Waals surface area (Å²) in [5.41, 5.74) is 0.863. The van der Waals surface area contributed by atoms with Gasteiger partial charge < -0.3 is 19.9 Å². The Balaban J connectivity index is 1.38. The van der Waals surface area contributed by atoms with E-state index in [4.69, 9.17) is 4.74 Å². The Bertz CT molecular complexity index is 1130. The normalized spacial score (nSPS) is 13.7. The van der Waals surface area contributed by atoms with E-state index in [0.717, 1.165) is 55.8 Å². The zero-order valence-corrected chi connectivity index (χ0v) is 18.8. The number of anilines is 3. The molecule has 7 nitrogen and oxygen atoms in total. The number of para-hydroxylation sites is 2. The molecule has 0 saturated carbocycles. The molecule has 1 aromatic heterocycles. The highest BCUT2D eigenvalue weighted by Gasteiger charge is 2.23. The molecule has 0 spiro atoms. The average Bonchev–Trinajstić information content (AvgIpc) is 2.85. The van der Waals surface area contributed by atoms with Crippen molar-refractivity contribution in [3.63, 3.8) is 0 Å². The van der Waals surface area contributed by atoms with Gasteiger partial charge in [0.05, 0.1) is 24.2 Å². The van der Waals surface area contributed by atoms with Crippen LogP contribution in [0.25, 0.3) is 0 Å². The van der Waals surface area contributed by atoms with E-state index < -0.39 is 17.5 Å². The Labute approximate surface area is 194 Å². The van der Waals surface area contributed by atoms with Gasteiger partial charge in [-0.3, -0.25) is 4.79 Å². The molecule has 0 atom stereocenters. The van der Waals surface area contributed by atoms with Crippen molar-refractivity contribution in [2.45, 2.75) is 5.03 Å². The van der Waals surface area contributed by atoms with Crippen molar-refractivity contribution in [1.82, 2.24) is 9.97 Å². The number of ether oxygens (including phenoxy) is 1. The summed E-state index contributed by atoms with van der Waals surface area (Å²) in [6.45, 7) is 3.01. The third kappa shape index (κ3) is 5.51. The molecular weight excluding hydrogens is 448 g/mol. The Morgan fingerprint density at radius 3 is 2.58 bits per heavy atom. The molecule has 1 aliphatic heterocycles. The lowest BCUT2D eigenvalue weighted by Gasteiger charge is -2.37. The first-order valence-electron chi connectivity index (χ1n) is 10.4. The predicted molar refractivity (Wildman–Crippen MR) is 125 cm³/mol. The summed E-state index contributed by atoms with van der Waals surface area (Å²) in [6, 6.07) is 10.8. The summed E-state index contributed by atoms with van der Waals surface area (Å²) in [4.78, 5) is 25.5. The van der Waals surface area contributed by atoms with Crippen LogP contribution in [0.3, 0.4) is 0 Å². The molecule has 0 aliphatic carbocycles. The topological polar surface area (TPSA) is 70.6 Å². The molecule has 1 fully saturated rings. The summed E-state index contributed by atoms with van der Waals surface area (Å²) in [5, 5.41) is 3.01. The Kier molecular flexibility index (Phi) is 7.23. The van der Waals surface area contributed by atoms with Gasteiger partial charge in [-0.2, -0.15) is 0 Å². The summed E-state index contributed by atoms with van der Waals surface area (Å²) in [6.07, 6.45) is 3.19. The summed E-state index contributed by atoms with van der Waals surface area (Å²) >= 11 is 1.20. The smallest absolute Gasteiger partial charge is 0.234 e. The van der Waals surface area contributed by atoms with Gasteiger partial charge in [0.2, 0.25) is 5.91 Å². The van der Waals surface area contributed by atoms with E-state index in [1.807, 2.05) is 24.3 Å². The van der Waals surface area contributed by atoms with Crippen LogP contribution in [0.2, 0.25) is 0 Å². The van der Waals surface area contributed by atoms with Gasteiger partial charge >= 0.3 is 0 Å². The second-order valence-electron chi connectivity index (χ2n) is 7.29. The highest BCUT2D eigenvalue weighted by atomic mass is 32.2. The lowest BCUT2D eigenvalue weighted by Crippen LogP contribution is -2.47. The van der Waals surface area contributed by atoms with E-state index >= 15 is 0 Å². The van der Waals surface area contributed by atoms with Crippen LogP contribution in [0.5, 0.6) is 5.75 Å². The molecule has 1 N–H and O–H groups in total. The monoisotopic (exact) mass is 471 g/mol. The molecular formula is C23H23F2N5O2S. The molecule has 10 heteroatoms. The van der Waals surface area contributed by atoms with Crippen molar-refractivity contribution in [2.75, 3.05) is 54.2 Å². The van der Waals surface area contributed by atoms with Crippen molar-refractivity contribution >= 4 is 34.9 Å². The van der Waals surface area contributed by atoms with Gasteiger partial charge in [-0.1, -0.05) is 23.9 Å². The molecule has 0 radical (unpaired) electrons. The molecule has 1 saturated heterocycles. The van der Waals surface area contributed by atoms with Crippen LogP contribution >= 0.6 is 11.8 Å². The number of rotatable bonds is 7. The molecule has 1 aliphatic rings. The Morgan fingerprint density at radius 1 is 1.06 bits per heavy atom. The highest BCUT2D eigenvalue weighted by Crippen LogP contribution is 2.31. The molecule has 3 aromatic rings. The zero-order valence-electron chi connectivity index (χ0n) is 18.0. The van der Waals surface area contributed by atoms with E-state index in [0.29, 0.717) is 10.8 Å². The molecule has 172 valence electrons. The molecule has 2 heterocycles. The molecule has 4 rings (SSSR count). The molecule has 0 bridgehead atoms. The zero-order chi connectivity index (χ0) is 23.2. The van der Waals surface area contributed by atoms with Gasteiger partial charge in [-0.25, -0.2) is 18.7 Å². The quantitative estimate of drug-likeness (QED) is 0.526. The van der Waals surface area contributed by atoms with E-state index in [1.54, 1.807) is 19.5 Å². The van der Waals surface area contributed by atoms with E-state index in [-0.39, 0.29) is 11.4 Å². The van der Waals surface area contributed by atoms with Crippen LogP contribution in [0, 0.1) is 11.6 Å². The van der Waals surface area contributed by atoms with Gasteiger partial charge in [0.1, 0.15) is 22.4 Å². The minimum absolute atomic E-state index is 0.0111. The maximum Gasteiger partial charge on any atom is 0.234 e. The number of carbonyl (C=O) groups is 1. The number of halogens is 2. The fourth-order valence-electron chi connectivity index (χ4n) is 3.60. The highest BCUT2D eigenvalue weighted by molar-refractivity contribution is 8.00. The van der Waals surface area contributed by atoms with Crippen molar-refractivity contribution in [2.24, 2.45) is 0 Å². The van der Waals surface area contributed by atoms with Crippen LogP contribution in [-0.2, 0) is 4.79 Å². The number of piperazine rings is 1. The van der Waals surface area contributed by atoms with Gasteiger partial charge in [-0.15, -0.1) is 0 Å². The predicted octanol–water partition coefficient (Wildman–Crippen LogP) is 3.82. The van der Waals surface area contributed by atoms with Crippen LogP contribution in [0.1, 0.15) is 0 Å². The van der Waals surface area contributed by atoms with Gasteiger partial charge in [-0.05, 0) is 24.3 Å². The largest absolute Gasteiger partial charge is 0.495 e. The molecule has 1 amide bonds. The van der Waals surface area contributed by atoms with Crippen LogP contribution in [0.15, 0.2) is 59.9 Å². The number of thioether (sulfide) groups is 1. The number of benzene rings is 2. The van der Waals surface area contributed by atoms with Gasteiger partial charge in [0.15, 0.2) is 5.82 Å². The van der Waals surface area contributed by atoms with E-state index in [1.165, 1.54) is 11.8 Å². The molecule has 2 aromatic carbocycles. The summed E-state index contributed by atoms with van der Waals surface area (Å²) in [5.74, 6) is -0.245. The average molecular weight is 472 g/mol. The lowest BCUT2D eigenvalue weighted by molar-refractivity contribution is -0.113. The van der Waals surface area contributed by atoms with E-state index in [9.17, 15) is 13.6 Å². The SMILES string of the molecule is COc1ccccc1N1CCN(c2nccnc2SCC(=O)Nc2cc(F)ccc2F)CC1. The van der Waals surface area contributed by atoms with Gasteiger partial charge in [0.25, 0.3) is 0 Å². The second kappa shape index (κ2) is 10.5. The number of aromatic nitrogens is 2. The summed E-state index contributed by atoms with van der Waals surface area (Å²) in [7, 11) is 1.66. The standard InChI is InChI=1S/C23H23F2N5O2S/c1-32-20-5-3-2-4-19(20)29-10-12-30(13-11-29)22-23(27-9-8-26-22)33-15-21(31)28-18-14-16(24)6-7-17(18)25/h2-9,14H,10-13,15H2,1H3,(H,28,31). The Morgan fingerprint density at radius 2 is 1.79 bits per heavy atom. The van der Waals surface area contributed by atoms with Crippen LogP contribution in [0.4, 0.5) is 26.0 Å². The number of nitrogens with one attached hydrogen (secondary N) is 1. The van der Waals surface area contributed by atoms with Crippen molar-refractivity contribution in [3.05, 3.63) is 66.5 Å². The van der Waals surface area contributed by atoms with Crippen molar-refractivity contribution in [1.29, 1.82) is 0 Å². The maximum atomic E-state index is 13.8. The minimum atomic E-state index is -0.692. The number of carbonyl (C=O) groups excluding carboxylic acids is 1. The van der Waals surface area contributed by atoms with Gasteiger partial charge in [0, 0.05) is 44.6 Å². The lowest BCUT2D eigenvalue weighted by atomic mass is 10.2. The first-order chi connectivity index (χ1) is 16.0. The van der Waals surface area contributed by atoms with Crippen molar-refractivity contribution < 1.29 is 18.3 Å². The number of hydrogen-bond acceptors (Lipinski definition) is 7. The fraction of sp³-hybridized carbons (Fsp3) is 0.261. The number of nitrogens with zero attached hydrogens (tertiary/aromatic N) is 4. The van der Waals surface area contributed by atoms with E-state index in [2.05, 4.69) is 25.1 Å². The van der Waals surface area contributed by atoms with Crippen LogP contribution in [-0.4, -0.2) is 54.9 Å². The third-order valence-electron chi connectivity index (χ3n) is 5.19. The third-order valence-corrected chi connectivity index (χ3v) is 6.16. The van der Waals surface area contributed by atoms with Crippen molar-refractivity contribution in [3.8, 4) is 5.75 Å². The minimum Gasteiger partial charge on any atom is -0.495 e. The fourth-order valence-corrected chi connectivity index (χ4v) is 4.39. The number of amides is 1. The number of hydrogen-bond donors (Lipinski definition) is 1. The Hall–Kier alpha value is -3.40. The maximum absolute atomic E-state index is 13.8. The van der Waals surface area contributed by atoms with Crippen LogP contribution < -0.4 is 19.9 Å². The molecule has 33 heavy (non-hydrogen) atoms. The first kappa shape index (κ1) is 22.8. The summed E-state index contributed by atoms with van der Waals surface area (Å²) < 4.78 is 32.6.